The van der Waals surface area contributed by atoms with Gasteiger partial charge in [0.15, 0.2) is 0 Å². The van der Waals surface area contributed by atoms with Crippen molar-refractivity contribution in [1.82, 2.24) is 0 Å². The summed E-state index contributed by atoms with van der Waals surface area (Å²) >= 11 is -1.06. The predicted molar refractivity (Wildman–Crippen MR) is 15.7 cm³/mol. The Balaban J connectivity index is -0.0000000200. The molecular formula is H2CoLi2O2. The van der Waals surface area contributed by atoms with Gasteiger partial charge in [-0.25, -0.2) is 0 Å². The van der Waals surface area contributed by atoms with Gasteiger partial charge >= 0.3 is 60.0 Å². The Morgan fingerprint density at radius 2 is 1.00 bits per heavy atom. The van der Waals surface area contributed by atoms with Gasteiger partial charge in [-0.05, 0) is 0 Å². The second-order valence-electron chi connectivity index (χ2n) is 0.0556. The van der Waals surface area contributed by atoms with E-state index in [0.29, 0.717) is 0 Å². The third-order valence-electron chi connectivity index (χ3n) is 0. The van der Waals surface area contributed by atoms with Gasteiger partial charge in [-0.15, -0.1) is 0 Å². The zero-order valence-electron chi connectivity index (χ0n) is 1.15. The molecule has 0 unspecified atom stereocenters. The van der Waals surface area contributed by atoms with Crippen molar-refractivity contribution < 1.29 is 22.3 Å². The third kappa shape index (κ3) is 34.1. The number of hydrogen-bond acceptors (Lipinski definition) is 2. The van der Waals surface area contributed by atoms with Crippen LogP contribution in [0.1, 0.15) is 0 Å². The Bertz CT molecular complexity index is 28.6. The standard InChI is InChI=1S/Co.2Li.2O.2H. The van der Waals surface area contributed by atoms with Crippen molar-refractivity contribution in [1.29, 1.82) is 0 Å². The van der Waals surface area contributed by atoms with Crippen LogP contribution in [0, 0.1) is 0 Å². The molecule has 0 aromatic rings. The minimum absolute atomic E-state index is 0. The summed E-state index contributed by atoms with van der Waals surface area (Å²) < 4.78 is 16.7. The molecule has 5 heavy (non-hydrogen) atoms. The second kappa shape index (κ2) is 18.5. The van der Waals surface area contributed by atoms with Gasteiger partial charge in [0.1, 0.15) is 0 Å². The van der Waals surface area contributed by atoms with E-state index in [4.69, 9.17) is 7.73 Å². The van der Waals surface area contributed by atoms with Crippen molar-refractivity contribution in [2.24, 2.45) is 0 Å². The molecule has 0 aliphatic carbocycles. The average Bonchev–Trinajstić information content (AvgIpc) is 0.918. The Morgan fingerprint density at radius 3 is 1.00 bits per heavy atom. The Hall–Kier alpha value is 1.30. The topological polar surface area (TPSA) is 34.1 Å². The van der Waals surface area contributed by atoms with Gasteiger partial charge in [-0.3, -0.25) is 0 Å². The molecule has 0 fully saturated rings. The third-order valence-corrected chi connectivity index (χ3v) is 0. The van der Waals surface area contributed by atoms with Crippen LogP contribution in [0.25, 0.3) is 0 Å². The van der Waals surface area contributed by atoms with E-state index in [2.05, 4.69) is 0 Å². The Labute approximate surface area is 59.8 Å². The molecule has 0 atom stereocenters. The number of rotatable bonds is 0. The first-order valence-electron chi connectivity index (χ1n) is 0.272. The summed E-state index contributed by atoms with van der Waals surface area (Å²) in [5, 5.41) is 0. The van der Waals surface area contributed by atoms with Gasteiger partial charge < -0.3 is 0 Å². The second-order valence-corrected chi connectivity index (χ2v) is 0.229. The van der Waals surface area contributed by atoms with Crippen LogP contribution in [0.15, 0.2) is 0 Å². The molecule has 0 aliphatic rings. The van der Waals surface area contributed by atoms with Crippen molar-refractivity contribution in [2.45, 2.75) is 0 Å². The molecule has 0 saturated carbocycles. The summed E-state index contributed by atoms with van der Waals surface area (Å²) in [6.45, 7) is 0. The van der Waals surface area contributed by atoms with Gasteiger partial charge in [0, 0.05) is 0 Å². The van der Waals surface area contributed by atoms with E-state index in [1.807, 2.05) is 0 Å². The van der Waals surface area contributed by atoms with Crippen LogP contribution in [-0.2, 0) is 22.3 Å². The van der Waals surface area contributed by atoms with Gasteiger partial charge in [0.2, 0.25) is 0 Å². The molecule has 2 nitrogen and oxygen atoms in total. The van der Waals surface area contributed by atoms with Gasteiger partial charge in [-0.1, -0.05) is 0 Å². The van der Waals surface area contributed by atoms with E-state index in [9.17, 15) is 0 Å². The molecule has 0 rings (SSSR count). The van der Waals surface area contributed by atoms with E-state index in [0.717, 1.165) is 0 Å². The van der Waals surface area contributed by atoms with E-state index in [-0.39, 0.29) is 37.7 Å². The van der Waals surface area contributed by atoms with E-state index in [1.165, 1.54) is 0 Å². The molecule has 0 bridgehead atoms. The van der Waals surface area contributed by atoms with Crippen molar-refractivity contribution >= 4 is 37.7 Å². The first-order chi connectivity index (χ1) is 1.41. The summed E-state index contributed by atoms with van der Waals surface area (Å²) in [6, 6.07) is 0. The average molecular weight is 107 g/mol. The Morgan fingerprint density at radius 1 is 1.00 bits per heavy atom. The maximum absolute atomic E-state index is 8.34. The number of hydrogen-bond donors (Lipinski definition) is 0. The fraction of sp³-hybridized carbons (Fsp3) is 0. The van der Waals surface area contributed by atoms with Crippen molar-refractivity contribution in [2.75, 3.05) is 0 Å². The van der Waals surface area contributed by atoms with Crippen LogP contribution >= 0.6 is 0 Å². The monoisotopic (exact) mass is 107 g/mol. The maximum atomic E-state index is 8.34. The molecule has 0 N–H and O–H groups in total. The van der Waals surface area contributed by atoms with Crippen molar-refractivity contribution in [3.05, 3.63) is 0 Å². The zero-order valence-corrected chi connectivity index (χ0v) is 2.19. The summed E-state index contributed by atoms with van der Waals surface area (Å²) in [5.41, 5.74) is 0. The molecule has 0 spiro atoms. The molecule has 0 radical (unpaired) electrons. The Kier molecular flexibility index (Phi) is 60.2. The summed E-state index contributed by atoms with van der Waals surface area (Å²) in [5.74, 6) is 0. The van der Waals surface area contributed by atoms with Gasteiger partial charge in [0.05, 0.1) is 0 Å². The van der Waals surface area contributed by atoms with Crippen LogP contribution in [0.2, 0.25) is 0 Å². The SMILES string of the molecule is [LiH].[LiH].[O]=[Co]=[O]. The zero-order chi connectivity index (χ0) is 2.71. The van der Waals surface area contributed by atoms with Gasteiger partial charge in [-0.2, -0.15) is 0 Å². The fourth-order valence-corrected chi connectivity index (χ4v) is 0. The minimum atomic E-state index is -1.06. The molecule has 0 aliphatic heterocycles. The molecule has 0 saturated heterocycles. The van der Waals surface area contributed by atoms with Crippen LogP contribution in [0.3, 0.4) is 0 Å². The van der Waals surface area contributed by atoms with E-state index in [1.54, 1.807) is 0 Å². The first-order valence-corrected chi connectivity index (χ1v) is 1.12. The van der Waals surface area contributed by atoms with Gasteiger partial charge in [0.25, 0.3) is 0 Å². The molecule has 0 aromatic carbocycles. The quantitative estimate of drug-likeness (QED) is 0.351. The van der Waals surface area contributed by atoms with Crippen molar-refractivity contribution in [3.63, 3.8) is 0 Å². The summed E-state index contributed by atoms with van der Waals surface area (Å²) in [7, 11) is 0. The van der Waals surface area contributed by atoms with E-state index >= 15 is 0 Å². The van der Waals surface area contributed by atoms with E-state index < -0.39 is 14.6 Å². The normalized spacial score (nSPS) is 3.20. The molecule has 5 heteroatoms. The fourth-order valence-electron chi connectivity index (χ4n) is 0. The molecule has 25 valence electrons. The molecule has 0 aromatic heterocycles. The summed E-state index contributed by atoms with van der Waals surface area (Å²) in [4.78, 5) is 0. The first kappa shape index (κ1) is 16.2. The van der Waals surface area contributed by atoms with Crippen LogP contribution in [0.5, 0.6) is 0 Å². The molecule has 0 amide bonds. The van der Waals surface area contributed by atoms with Crippen LogP contribution < -0.4 is 0 Å². The molecular weight excluding hydrogens is 105 g/mol. The molecule has 0 heterocycles. The van der Waals surface area contributed by atoms with Crippen LogP contribution in [-0.4, -0.2) is 37.7 Å². The van der Waals surface area contributed by atoms with Crippen molar-refractivity contribution in [3.8, 4) is 0 Å². The van der Waals surface area contributed by atoms with Crippen LogP contribution in [0.4, 0.5) is 0 Å². The summed E-state index contributed by atoms with van der Waals surface area (Å²) in [6.07, 6.45) is 0. The predicted octanol–water partition coefficient (Wildman–Crippen LogP) is -1.54.